The Labute approximate surface area is 142 Å². The molecule has 1 aliphatic rings. The summed E-state index contributed by atoms with van der Waals surface area (Å²) in [5.74, 6) is 0.464. The quantitative estimate of drug-likeness (QED) is 0.609. The van der Waals surface area contributed by atoms with E-state index in [0.717, 1.165) is 46.6 Å². The fourth-order valence-electron chi connectivity index (χ4n) is 3.25. The molecule has 7 heteroatoms. The Morgan fingerprint density at radius 1 is 1.16 bits per heavy atom. The van der Waals surface area contributed by atoms with Crippen LogP contribution in [-0.2, 0) is 6.54 Å². The zero-order valence-electron chi connectivity index (χ0n) is 13.2. The highest BCUT2D eigenvalue weighted by molar-refractivity contribution is 5.98. The van der Waals surface area contributed by atoms with Gasteiger partial charge in [-0.05, 0) is 30.3 Å². The number of hydrogen-bond donors (Lipinski definition) is 1. The molecule has 0 spiro atoms. The van der Waals surface area contributed by atoms with Crippen LogP contribution < -0.4 is 4.74 Å². The number of fused-ring (bicyclic) bond motifs is 2. The number of halogens is 1. The summed E-state index contributed by atoms with van der Waals surface area (Å²) in [6, 6.07) is 8.29. The van der Waals surface area contributed by atoms with Gasteiger partial charge in [-0.1, -0.05) is 0 Å². The molecule has 25 heavy (non-hydrogen) atoms. The molecule has 5 rings (SSSR count). The third-order valence-corrected chi connectivity index (χ3v) is 4.40. The average molecular weight is 335 g/mol. The second-order valence-corrected chi connectivity index (χ2v) is 5.95. The number of pyridine rings is 1. The number of nitrogens with zero attached hydrogens (tertiary/aromatic N) is 4. The molecule has 4 aromatic rings. The standard InChI is InChI=1S/C18H14FN5O/c19-12-4-2-11(3-5-12)16-15(18-24(23-16)8-1-9-25-18)13-6-7-20-17-14(13)10-21-22-17/h2-7,10H,1,8-9H2,(H,20,21,22). The van der Waals surface area contributed by atoms with E-state index in [0.29, 0.717) is 12.3 Å². The highest BCUT2D eigenvalue weighted by atomic mass is 19.1. The monoisotopic (exact) mass is 335 g/mol. The predicted molar refractivity (Wildman–Crippen MR) is 90.6 cm³/mol. The fourth-order valence-corrected chi connectivity index (χ4v) is 3.25. The molecule has 0 aliphatic carbocycles. The largest absolute Gasteiger partial charge is 0.477 e. The lowest BCUT2D eigenvalue weighted by Gasteiger charge is -2.16. The van der Waals surface area contributed by atoms with E-state index in [-0.39, 0.29) is 5.82 Å². The van der Waals surface area contributed by atoms with Gasteiger partial charge in [-0.25, -0.2) is 14.1 Å². The minimum absolute atomic E-state index is 0.272. The van der Waals surface area contributed by atoms with Crippen molar-refractivity contribution in [3.8, 4) is 28.3 Å². The van der Waals surface area contributed by atoms with Gasteiger partial charge in [0.25, 0.3) is 0 Å². The number of aromatic amines is 1. The van der Waals surface area contributed by atoms with Gasteiger partial charge in [-0.2, -0.15) is 10.2 Å². The molecule has 0 unspecified atom stereocenters. The zero-order valence-corrected chi connectivity index (χ0v) is 13.2. The molecular weight excluding hydrogens is 321 g/mol. The Kier molecular flexibility index (Phi) is 3.06. The lowest BCUT2D eigenvalue weighted by molar-refractivity contribution is 0.231. The number of aromatic nitrogens is 5. The number of rotatable bonds is 2. The number of H-pyrrole nitrogens is 1. The van der Waals surface area contributed by atoms with Gasteiger partial charge in [-0.3, -0.25) is 5.10 Å². The first-order valence-electron chi connectivity index (χ1n) is 8.09. The topological polar surface area (TPSA) is 68.6 Å². The maximum atomic E-state index is 13.3. The molecule has 1 N–H and O–H groups in total. The Morgan fingerprint density at radius 2 is 2.04 bits per heavy atom. The van der Waals surface area contributed by atoms with Crippen molar-refractivity contribution in [3.63, 3.8) is 0 Å². The highest BCUT2D eigenvalue weighted by Gasteiger charge is 2.25. The van der Waals surface area contributed by atoms with E-state index in [1.165, 1.54) is 12.1 Å². The molecule has 0 amide bonds. The van der Waals surface area contributed by atoms with Crippen molar-refractivity contribution in [2.24, 2.45) is 0 Å². The second-order valence-electron chi connectivity index (χ2n) is 5.95. The average Bonchev–Trinajstić information content (AvgIpc) is 3.26. The van der Waals surface area contributed by atoms with Gasteiger partial charge in [0, 0.05) is 35.7 Å². The van der Waals surface area contributed by atoms with Gasteiger partial charge in [0.2, 0.25) is 5.88 Å². The lowest BCUT2D eigenvalue weighted by Crippen LogP contribution is -2.14. The van der Waals surface area contributed by atoms with E-state index in [4.69, 9.17) is 9.84 Å². The third kappa shape index (κ3) is 2.20. The first-order chi connectivity index (χ1) is 12.3. The molecule has 0 saturated carbocycles. The van der Waals surface area contributed by atoms with Crippen molar-refractivity contribution in [2.45, 2.75) is 13.0 Å². The van der Waals surface area contributed by atoms with Gasteiger partial charge >= 0.3 is 0 Å². The Balaban J connectivity index is 1.81. The first kappa shape index (κ1) is 14.2. The van der Waals surface area contributed by atoms with Crippen LogP contribution in [0, 0.1) is 5.82 Å². The second kappa shape index (κ2) is 5.41. The van der Waals surface area contributed by atoms with Crippen molar-refractivity contribution in [1.82, 2.24) is 25.0 Å². The van der Waals surface area contributed by atoms with Gasteiger partial charge in [0.05, 0.1) is 18.4 Å². The van der Waals surface area contributed by atoms with Gasteiger partial charge in [-0.15, -0.1) is 0 Å². The van der Waals surface area contributed by atoms with Crippen LogP contribution >= 0.6 is 0 Å². The molecule has 124 valence electrons. The molecule has 3 aromatic heterocycles. The normalized spacial score (nSPS) is 13.6. The zero-order chi connectivity index (χ0) is 16.8. The number of aryl methyl sites for hydroxylation is 1. The van der Waals surface area contributed by atoms with Crippen LogP contribution in [-0.4, -0.2) is 31.6 Å². The van der Waals surface area contributed by atoms with E-state index in [9.17, 15) is 4.39 Å². The van der Waals surface area contributed by atoms with E-state index >= 15 is 0 Å². The van der Waals surface area contributed by atoms with Crippen LogP contribution in [0.15, 0.2) is 42.7 Å². The molecule has 4 heterocycles. The van der Waals surface area contributed by atoms with E-state index < -0.39 is 0 Å². The summed E-state index contributed by atoms with van der Waals surface area (Å²) in [6.45, 7) is 1.45. The van der Waals surface area contributed by atoms with Crippen molar-refractivity contribution in [2.75, 3.05) is 6.61 Å². The summed E-state index contributed by atoms with van der Waals surface area (Å²) < 4.78 is 21.2. The molecule has 0 fully saturated rings. The number of nitrogens with one attached hydrogen (secondary N) is 1. The fraction of sp³-hybridized carbons (Fsp3) is 0.167. The predicted octanol–water partition coefficient (Wildman–Crippen LogP) is 3.41. The summed E-state index contributed by atoms with van der Waals surface area (Å²) in [6.07, 6.45) is 4.39. The molecular formula is C18H14FN5O. The molecule has 0 atom stereocenters. The minimum Gasteiger partial charge on any atom is -0.477 e. The third-order valence-electron chi connectivity index (χ3n) is 4.40. The molecule has 0 bridgehead atoms. The Morgan fingerprint density at radius 3 is 2.92 bits per heavy atom. The summed E-state index contributed by atoms with van der Waals surface area (Å²) in [5, 5.41) is 12.6. The molecule has 0 saturated heterocycles. The van der Waals surface area contributed by atoms with Gasteiger partial charge in [0.1, 0.15) is 11.5 Å². The van der Waals surface area contributed by atoms with Gasteiger partial charge < -0.3 is 4.74 Å². The van der Waals surface area contributed by atoms with E-state index in [2.05, 4.69) is 15.2 Å². The van der Waals surface area contributed by atoms with Crippen molar-refractivity contribution >= 4 is 11.0 Å². The number of ether oxygens (including phenoxy) is 1. The SMILES string of the molecule is Fc1ccc(-c2nn3c(c2-c2ccnc4[nH]ncc24)OCCC3)cc1. The van der Waals surface area contributed by atoms with Crippen molar-refractivity contribution < 1.29 is 9.13 Å². The molecule has 6 nitrogen and oxygen atoms in total. The summed E-state index contributed by atoms with van der Waals surface area (Å²) in [5.41, 5.74) is 4.15. The summed E-state index contributed by atoms with van der Waals surface area (Å²) in [4.78, 5) is 4.30. The van der Waals surface area contributed by atoms with Crippen molar-refractivity contribution in [1.29, 1.82) is 0 Å². The van der Waals surface area contributed by atoms with E-state index in [1.54, 1.807) is 24.5 Å². The molecule has 0 radical (unpaired) electrons. The van der Waals surface area contributed by atoms with Crippen LogP contribution in [0.1, 0.15) is 6.42 Å². The Hall–Kier alpha value is -3.22. The van der Waals surface area contributed by atoms with E-state index in [1.807, 2.05) is 10.7 Å². The highest BCUT2D eigenvalue weighted by Crippen LogP contribution is 2.42. The first-order valence-corrected chi connectivity index (χ1v) is 8.09. The number of benzene rings is 1. The number of hydrogen-bond acceptors (Lipinski definition) is 4. The van der Waals surface area contributed by atoms with Crippen molar-refractivity contribution in [3.05, 3.63) is 48.5 Å². The van der Waals surface area contributed by atoms with Crippen LogP contribution in [0.25, 0.3) is 33.4 Å². The molecule has 1 aromatic carbocycles. The van der Waals surface area contributed by atoms with Crippen LogP contribution in [0.3, 0.4) is 0 Å². The van der Waals surface area contributed by atoms with Crippen LogP contribution in [0.5, 0.6) is 5.88 Å². The van der Waals surface area contributed by atoms with Crippen LogP contribution in [0.4, 0.5) is 4.39 Å². The molecule has 1 aliphatic heterocycles. The van der Waals surface area contributed by atoms with Gasteiger partial charge in [0.15, 0.2) is 5.65 Å². The summed E-state index contributed by atoms with van der Waals surface area (Å²) in [7, 11) is 0. The maximum Gasteiger partial charge on any atom is 0.220 e. The minimum atomic E-state index is -0.272. The maximum absolute atomic E-state index is 13.3. The van der Waals surface area contributed by atoms with Crippen LogP contribution in [0.2, 0.25) is 0 Å². The Bertz CT molecular complexity index is 1070. The summed E-state index contributed by atoms with van der Waals surface area (Å²) >= 11 is 0. The lowest BCUT2D eigenvalue weighted by atomic mass is 10.00. The smallest absolute Gasteiger partial charge is 0.220 e.